The predicted molar refractivity (Wildman–Crippen MR) is 108 cm³/mol. The molecule has 3 fully saturated rings. The number of anilines is 1. The van der Waals surface area contributed by atoms with Gasteiger partial charge >= 0.3 is 0 Å². The third-order valence-electron chi connectivity index (χ3n) is 6.54. The first-order chi connectivity index (χ1) is 13.6. The summed E-state index contributed by atoms with van der Waals surface area (Å²) >= 11 is 0. The lowest BCUT2D eigenvalue weighted by Crippen LogP contribution is -2.54. The number of methoxy groups -OCH3 is 1. The summed E-state index contributed by atoms with van der Waals surface area (Å²) in [5.74, 6) is 0.856. The molecule has 3 aliphatic rings. The van der Waals surface area contributed by atoms with Crippen LogP contribution in [0.1, 0.15) is 44.9 Å². The van der Waals surface area contributed by atoms with Gasteiger partial charge < -0.3 is 19.9 Å². The molecule has 0 bridgehead atoms. The van der Waals surface area contributed by atoms with Gasteiger partial charge in [0.15, 0.2) is 0 Å². The highest BCUT2D eigenvalue weighted by molar-refractivity contribution is 6.08. The van der Waals surface area contributed by atoms with Gasteiger partial charge in [-0.05, 0) is 49.9 Å². The van der Waals surface area contributed by atoms with Crippen LogP contribution in [0.4, 0.5) is 5.69 Å². The maximum absolute atomic E-state index is 13.1. The lowest BCUT2D eigenvalue weighted by Gasteiger charge is -2.37. The second kappa shape index (κ2) is 8.02. The zero-order valence-electron chi connectivity index (χ0n) is 16.8. The fourth-order valence-electron chi connectivity index (χ4n) is 4.50. The van der Waals surface area contributed by atoms with E-state index in [1.54, 1.807) is 7.11 Å². The van der Waals surface area contributed by atoms with E-state index in [0.29, 0.717) is 25.9 Å². The van der Waals surface area contributed by atoms with Crippen molar-refractivity contribution in [1.82, 2.24) is 10.2 Å². The summed E-state index contributed by atoms with van der Waals surface area (Å²) in [4.78, 5) is 30.1. The Hall–Kier alpha value is -2.24. The fourth-order valence-corrected chi connectivity index (χ4v) is 4.50. The molecule has 2 saturated carbocycles. The van der Waals surface area contributed by atoms with Gasteiger partial charge in [-0.15, -0.1) is 0 Å². The first kappa shape index (κ1) is 19.1. The summed E-state index contributed by atoms with van der Waals surface area (Å²) in [5, 5.41) is 3.18. The summed E-state index contributed by atoms with van der Waals surface area (Å²) in [7, 11) is 1.66. The van der Waals surface area contributed by atoms with Crippen molar-refractivity contribution in [2.45, 2.75) is 51.0 Å². The van der Waals surface area contributed by atoms with Crippen LogP contribution in [0.2, 0.25) is 0 Å². The molecule has 1 aliphatic heterocycles. The van der Waals surface area contributed by atoms with E-state index in [-0.39, 0.29) is 17.9 Å². The smallest absolute Gasteiger partial charge is 0.238 e. The van der Waals surface area contributed by atoms with Gasteiger partial charge in [0.1, 0.15) is 11.2 Å². The van der Waals surface area contributed by atoms with Crippen molar-refractivity contribution in [2.24, 2.45) is 5.41 Å². The molecule has 1 aromatic rings. The van der Waals surface area contributed by atoms with Gasteiger partial charge in [0.25, 0.3) is 0 Å². The highest BCUT2D eigenvalue weighted by atomic mass is 16.5. The summed E-state index contributed by atoms with van der Waals surface area (Å²) in [6.45, 7) is 2.92. The van der Waals surface area contributed by atoms with Crippen LogP contribution in [0.5, 0.6) is 5.75 Å². The largest absolute Gasteiger partial charge is 0.497 e. The van der Waals surface area contributed by atoms with Gasteiger partial charge in [-0.2, -0.15) is 0 Å². The number of nitrogens with one attached hydrogen (secondary N) is 1. The van der Waals surface area contributed by atoms with Crippen molar-refractivity contribution in [1.29, 1.82) is 0 Å². The quantitative estimate of drug-likeness (QED) is 0.792. The summed E-state index contributed by atoms with van der Waals surface area (Å²) in [5.41, 5.74) is 0.365. The van der Waals surface area contributed by atoms with Crippen LogP contribution in [0.3, 0.4) is 0 Å². The normalized spacial score (nSPS) is 21.9. The second-order valence-corrected chi connectivity index (χ2v) is 8.37. The summed E-state index contributed by atoms with van der Waals surface area (Å²) in [6.07, 6.45) is 7.12. The van der Waals surface area contributed by atoms with Crippen LogP contribution in [-0.2, 0) is 9.59 Å². The second-order valence-electron chi connectivity index (χ2n) is 8.37. The molecule has 2 aliphatic carbocycles. The molecule has 1 heterocycles. The van der Waals surface area contributed by atoms with Crippen molar-refractivity contribution in [3.05, 3.63) is 24.3 Å². The van der Waals surface area contributed by atoms with E-state index in [1.807, 2.05) is 17.0 Å². The van der Waals surface area contributed by atoms with Gasteiger partial charge in [-0.1, -0.05) is 19.3 Å². The number of nitrogens with zero attached hydrogens (tertiary/aromatic N) is 2. The number of hydrogen-bond acceptors (Lipinski definition) is 4. The third kappa shape index (κ3) is 3.82. The van der Waals surface area contributed by atoms with Gasteiger partial charge in [0.2, 0.25) is 11.8 Å². The van der Waals surface area contributed by atoms with Crippen molar-refractivity contribution in [3.8, 4) is 5.75 Å². The van der Waals surface area contributed by atoms with E-state index in [2.05, 4.69) is 22.3 Å². The standard InChI is InChI=1S/C22H31N3O3/c1-28-19-9-7-18(8-10-19)24-13-15-25(16-14-24)21(27)22(11-12-22)20(26)23-17-5-3-2-4-6-17/h7-10,17H,2-6,11-16H2,1H3,(H,23,26). The van der Waals surface area contributed by atoms with E-state index in [0.717, 1.165) is 37.4 Å². The molecule has 4 rings (SSSR count). The van der Waals surface area contributed by atoms with E-state index < -0.39 is 5.41 Å². The highest BCUT2D eigenvalue weighted by Gasteiger charge is 2.58. The molecule has 152 valence electrons. The van der Waals surface area contributed by atoms with Gasteiger partial charge in [-0.25, -0.2) is 0 Å². The Balaban J connectivity index is 1.32. The SMILES string of the molecule is COc1ccc(N2CCN(C(=O)C3(C(=O)NC4CCCCC4)CC3)CC2)cc1. The van der Waals surface area contributed by atoms with E-state index in [1.165, 1.54) is 19.3 Å². The number of carbonyl (C=O) groups is 2. The molecule has 1 saturated heterocycles. The van der Waals surface area contributed by atoms with Gasteiger partial charge in [-0.3, -0.25) is 9.59 Å². The van der Waals surface area contributed by atoms with E-state index in [4.69, 9.17) is 4.74 Å². The number of piperazine rings is 1. The zero-order chi connectivity index (χ0) is 19.6. The molecule has 0 spiro atoms. The monoisotopic (exact) mass is 385 g/mol. The van der Waals surface area contributed by atoms with Crippen LogP contribution in [0.15, 0.2) is 24.3 Å². The Morgan fingerprint density at radius 1 is 1.00 bits per heavy atom. The number of carbonyl (C=O) groups excluding carboxylic acids is 2. The number of ether oxygens (including phenoxy) is 1. The minimum atomic E-state index is -0.778. The minimum absolute atomic E-state index is 0.0259. The van der Waals surface area contributed by atoms with Crippen LogP contribution in [-0.4, -0.2) is 56.0 Å². The molecule has 6 heteroatoms. The van der Waals surface area contributed by atoms with Crippen molar-refractivity contribution < 1.29 is 14.3 Å². The molecular formula is C22H31N3O3. The van der Waals surface area contributed by atoms with Crippen molar-refractivity contribution in [2.75, 3.05) is 38.2 Å². The molecule has 1 N–H and O–H groups in total. The Morgan fingerprint density at radius 2 is 1.64 bits per heavy atom. The lowest BCUT2D eigenvalue weighted by molar-refractivity contribution is -0.144. The molecule has 0 radical (unpaired) electrons. The molecular weight excluding hydrogens is 354 g/mol. The molecule has 0 aromatic heterocycles. The lowest BCUT2D eigenvalue weighted by atomic mass is 9.94. The van der Waals surface area contributed by atoms with Crippen LogP contribution >= 0.6 is 0 Å². The topological polar surface area (TPSA) is 61.9 Å². The van der Waals surface area contributed by atoms with Gasteiger partial charge in [0, 0.05) is 37.9 Å². The molecule has 6 nitrogen and oxygen atoms in total. The number of hydrogen-bond donors (Lipinski definition) is 1. The van der Waals surface area contributed by atoms with Crippen LogP contribution < -0.4 is 15.0 Å². The Bertz CT molecular complexity index is 700. The zero-order valence-corrected chi connectivity index (χ0v) is 16.8. The molecule has 0 unspecified atom stereocenters. The first-order valence-corrected chi connectivity index (χ1v) is 10.6. The maximum atomic E-state index is 13.1. The Morgan fingerprint density at radius 3 is 2.21 bits per heavy atom. The Kier molecular flexibility index (Phi) is 5.47. The minimum Gasteiger partial charge on any atom is -0.497 e. The van der Waals surface area contributed by atoms with Crippen molar-refractivity contribution in [3.63, 3.8) is 0 Å². The summed E-state index contributed by atoms with van der Waals surface area (Å²) in [6, 6.07) is 8.29. The average molecular weight is 386 g/mol. The molecule has 28 heavy (non-hydrogen) atoms. The van der Waals surface area contributed by atoms with Crippen molar-refractivity contribution >= 4 is 17.5 Å². The Labute approximate surface area is 167 Å². The summed E-state index contributed by atoms with van der Waals surface area (Å²) < 4.78 is 5.22. The highest BCUT2D eigenvalue weighted by Crippen LogP contribution is 2.48. The number of amides is 2. The van der Waals surface area contributed by atoms with Crippen LogP contribution in [0, 0.1) is 5.41 Å². The van der Waals surface area contributed by atoms with E-state index >= 15 is 0 Å². The molecule has 1 aromatic carbocycles. The average Bonchev–Trinajstić information content (AvgIpc) is 3.56. The van der Waals surface area contributed by atoms with Gasteiger partial charge in [0.05, 0.1) is 7.11 Å². The fraction of sp³-hybridized carbons (Fsp3) is 0.636. The number of benzene rings is 1. The molecule has 2 amide bonds. The predicted octanol–water partition coefficient (Wildman–Crippen LogP) is 2.57. The third-order valence-corrected chi connectivity index (χ3v) is 6.54. The van der Waals surface area contributed by atoms with Crippen LogP contribution in [0.25, 0.3) is 0 Å². The maximum Gasteiger partial charge on any atom is 0.238 e. The van der Waals surface area contributed by atoms with E-state index in [9.17, 15) is 9.59 Å². The number of rotatable bonds is 5. The molecule has 0 atom stereocenters. The first-order valence-electron chi connectivity index (χ1n) is 10.6.